The smallest absolute Gasteiger partial charge is 0.230 e. The molecule has 0 aliphatic rings. The lowest BCUT2D eigenvalue weighted by Crippen LogP contribution is -2.09. The number of anilines is 3. The summed E-state index contributed by atoms with van der Waals surface area (Å²) in [4.78, 5) is 12.5. The van der Waals surface area contributed by atoms with Crippen molar-refractivity contribution in [2.24, 2.45) is 0 Å². The van der Waals surface area contributed by atoms with Crippen LogP contribution in [-0.2, 0) is 10.8 Å². The van der Waals surface area contributed by atoms with E-state index in [0.717, 1.165) is 11.1 Å². The van der Waals surface area contributed by atoms with Crippen LogP contribution in [0.3, 0.4) is 0 Å². The van der Waals surface area contributed by atoms with Crippen molar-refractivity contribution in [3.63, 3.8) is 0 Å². The SMILES string of the molecule is [C-]#[N+]c1ccc(Nc2nc(N)c(Br)c(S(=O)c3c(C)cc(C#N)cc3C)n2)cc1. The molecular weight excluding hydrogens is 452 g/mol. The minimum atomic E-state index is -1.64. The zero-order valence-corrected chi connectivity index (χ0v) is 17.9. The quantitative estimate of drug-likeness (QED) is 0.423. The van der Waals surface area contributed by atoms with E-state index in [1.54, 1.807) is 50.2 Å². The van der Waals surface area contributed by atoms with Crippen molar-refractivity contribution in [3.8, 4) is 6.07 Å². The van der Waals surface area contributed by atoms with Crippen molar-refractivity contribution in [2.75, 3.05) is 11.1 Å². The van der Waals surface area contributed by atoms with Crippen LogP contribution in [0.25, 0.3) is 4.85 Å². The number of nitrogen functional groups attached to an aromatic ring is 1. The van der Waals surface area contributed by atoms with E-state index in [1.807, 2.05) is 0 Å². The summed E-state index contributed by atoms with van der Waals surface area (Å²) in [7, 11) is -1.64. The average Bonchev–Trinajstić information content (AvgIpc) is 2.70. The molecule has 0 saturated heterocycles. The number of halogens is 1. The number of nitriles is 1. The third-order valence-electron chi connectivity index (χ3n) is 4.05. The van der Waals surface area contributed by atoms with Gasteiger partial charge in [-0.2, -0.15) is 10.2 Å². The van der Waals surface area contributed by atoms with Gasteiger partial charge in [0.2, 0.25) is 5.95 Å². The molecule has 1 atom stereocenters. The Morgan fingerprint density at radius 3 is 2.38 bits per heavy atom. The van der Waals surface area contributed by atoms with E-state index < -0.39 is 10.8 Å². The first-order valence-corrected chi connectivity index (χ1v) is 10.3. The summed E-state index contributed by atoms with van der Waals surface area (Å²) in [5.74, 6) is 0.334. The molecule has 0 aliphatic heterocycles. The molecule has 1 heterocycles. The Bertz CT molecular complexity index is 1190. The summed E-state index contributed by atoms with van der Waals surface area (Å²) in [6, 6.07) is 12.3. The van der Waals surface area contributed by atoms with Gasteiger partial charge in [0, 0.05) is 5.69 Å². The summed E-state index contributed by atoms with van der Waals surface area (Å²) in [5, 5.41) is 12.4. The molecule has 7 nitrogen and oxygen atoms in total. The van der Waals surface area contributed by atoms with Gasteiger partial charge in [-0.05, 0) is 65.2 Å². The predicted molar refractivity (Wildman–Crippen MR) is 115 cm³/mol. The normalized spacial score (nSPS) is 11.3. The molecule has 3 rings (SSSR count). The fraction of sp³-hybridized carbons (Fsp3) is 0.100. The number of benzene rings is 2. The molecule has 0 spiro atoms. The Kier molecular flexibility index (Phi) is 5.92. The first kappa shape index (κ1) is 20.5. The highest BCUT2D eigenvalue weighted by molar-refractivity contribution is 9.10. The molecule has 3 N–H and O–H groups in total. The van der Waals surface area contributed by atoms with Crippen LogP contribution in [0, 0.1) is 31.8 Å². The molecule has 144 valence electrons. The number of rotatable bonds is 4. The third-order valence-corrected chi connectivity index (χ3v) is 6.76. The first-order valence-electron chi connectivity index (χ1n) is 8.34. The Balaban J connectivity index is 2.03. The van der Waals surface area contributed by atoms with Gasteiger partial charge in [0.25, 0.3) is 0 Å². The predicted octanol–water partition coefficient (Wildman–Crippen LogP) is 4.77. The Morgan fingerprint density at radius 2 is 1.83 bits per heavy atom. The van der Waals surface area contributed by atoms with E-state index in [9.17, 15) is 4.21 Å². The highest BCUT2D eigenvalue weighted by Crippen LogP contribution is 2.32. The van der Waals surface area contributed by atoms with Crippen LogP contribution in [0.4, 0.5) is 23.1 Å². The molecule has 29 heavy (non-hydrogen) atoms. The fourth-order valence-electron chi connectivity index (χ4n) is 2.77. The van der Waals surface area contributed by atoms with Gasteiger partial charge in [-0.3, -0.25) is 0 Å². The van der Waals surface area contributed by atoms with Crippen LogP contribution in [0.2, 0.25) is 0 Å². The van der Waals surface area contributed by atoms with Crippen molar-refractivity contribution < 1.29 is 4.21 Å². The van der Waals surface area contributed by atoms with Gasteiger partial charge in [0.05, 0.1) is 27.6 Å². The third kappa shape index (κ3) is 4.27. The summed E-state index contributed by atoms with van der Waals surface area (Å²) < 4.78 is 13.7. The average molecular weight is 467 g/mol. The van der Waals surface area contributed by atoms with Gasteiger partial charge in [-0.25, -0.2) is 14.0 Å². The molecule has 0 amide bonds. The molecule has 1 aromatic heterocycles. The van der Waals surface area contributed by atoms with Crippen molar-refractivity contribution in [3.05, 3.63) is 69.0 Å². The van der Waals surface area contributed by atoms with Crippen molar-refractivity contribution in [2.45, 2.75) is 23.8 Å². The molecule has 0 bridgehead atoms. The van der Waals surface area contributed by atoms with Crippen LogP contribution in [0.5, 0.6) is 0 Å². The number of nitrogens with zero attached hydrogens (tertiary/aromatic N) is 4. The summed E-state index contributed by atoms with van der Waals surface area (Å²) in [6.45, 7) is 10.6. The van der Waals surface area contributed by atoms with Crippen LogP contribution >= 0.6 is 15.9 Å². The lowest BCUT2D eigenvalue weighted by molar-refractivity contribution is 0.678. The number of hydrogen-bond donors (Lipinski definition) is 2. The van der Waals surface area contributed by atoms with Gasteiger partial charge in [-0.15, -0.1) is 0 Å². The molecule has 0 radical (unpaired) electrons. The Labute approximate surface area is 179 Å². The number of nitrogens with one attached hydrogen (secondary N) is 1. The maximum absolute atomic E-state index is 13.3. The lowest BCUT2D eigenvalue weighted by atomic mass is 10.1. The van der Waals surface area contributed by atoms with Crippen molar-refractivity contribution in [1.82, 2.24) is 9.97 Å². The molecule has 1 unspecified atom stereocenters. The van der Waals surface area contributed by atoms with Crippen LogP contribution < -0.4 is 11.1 Å². The Hall–Kier alpha value is -3.27. The fourth-order valence-corrected chi connectivity index (χ4v) is 4.73. The molecule has 0 saturated carbocycles. The maximum atomic E-state index is 13.3. The molecular formula is C20H15BrN6OS. The second-order valence-corrected chi connectivity index (χ2v) is 8.28. The molecule has 3 aromatic rings. The zero-order chi connectivity index (χ0) is 21.1. The van der Waals surface area contributed by atoms with Crippen LogP contribution in [-0.4, -0.2) is 14.2 Å². The van der Waals surface area contributed by atoms with Gasteiger partial charge >= 0.3 is 0 Å². The minimum absolute atomic E-state index is 0.146. The van der Waals surface area contributed by atoms with E-state index in [-0.39, 0.29) is 16.8 Å². The van der Waals surface area contributed by atoms with E-state index in [2.05, 4.69) is 42.1 Å². The van der Waals surface area contributed by atoms with Gasteiger partial charge in [0.15, 0.2) is 10.7 Å². The standard InChI is InChI=1S/C20H15BrN6OS/c1-11-8-13(10-22)9-12(2)17(11)29(28)19-16(21)18(23)26-20(27-19)25-15-6-4-14(24-3)5-7-15/h4-9H,1-2H3,(H3,23,25,26,27). The number of aryl methyl sites for hydroxylation is 2. The van der Waals surface area contributed by atoms with Gasteiger partial charge in [0.1, 0.15) is 16.6 Å². The van der Waals surface area contributed by atoms with E-state index in [4.69, 9.17) is 17.6 Å². The summed E-state index contributed by atoms with van der Waals surface area (Å²) in [6.07, 6.45) is 0. The van der Waals surface area contributed by atoms with Crippen molar-refractivity contribution in [1.29, 1.82) is 5.26 Å². The maximum Gasteiger partial charge on any atom is 0.230 e. The molecule has 0 aliphatic carbocycles. The monoisotopic (exact) mass is 466 g/mol. The van der Waals surface area contributed by atoms with Gasteiger partial charge < -0.3 is 11.1 Å². The highest BCUT2D eigenvalue weighted by Gasteiger charge is 2.21. The lowest BCUT2D eigenvalue weighted by Gasteiger charge is -2.13. The highest BCUT2D eigenvalue weighted by atomic mass is 79.9. The van der Waals surface area contributed by atoms with Gasteiger partial charge in [-0.1, -0.05) is 12.1 Å². The molecule has 9 heteroatoms. The summed E-state index contributed by atoms with van der Waals surface area (Å²) >= 11 is 3.34. The van der Waals surface area contributed by atoms with E-state index >= 15 is 0 Å². The second-order valence-electron chi connectivity index (χ2n) is 6.15. The zero-order valence-electron chi connectivity index (χ0n) is 15.5. The first-order chi connectivity index (χ1) is 13.8. The Morgan fingerprint density at radius 1 is 1.21 bits per heavy atom. The van der Waals surface area contributed by atoms with E-state index in [1.165, 1.54) is 0 Å². The second kappa shape index (κ2) is 8.39. The largest absolute Gasteiger partial charge is 0.383 e. The molecule has 0 fully saturated rings. The van der Waals surface area contributed by atoms with Crippen molar-refractivity contribution >= 4 is 49.9 Å². The number of aromatic nitrogens is 2. The topological polar surface area (TPSA) is 109 Å². The number of nitrogens with two attached hydrogens (primary N) is 1. The van der Waals surface area contributed by atoms with Crippen LogP contribution in [0.1, 0.15) is 16.7 Å². The number of hydrogen-bond acceptors (Lipinski definition) is 6. The van der Waals surface area contributed by atoms with Crippen LogP contribution in [0.15, 0.2) is 50.8 Å². The minimum Gasteiger partial charge on any atom is -0.383 e. The molecule has 2 aromatic carbocycles. The summed E-state index contributed by atoms with van der Waals surface area (Å²) in [5.41, 5.74) is 9.15. The van der Waals surface area contributed by atoms with E-state index in [0.29, 0.717) is 26.3 Å².